The largest absolute Gasteiger partial charge is 0.345 e. The highest BCUT2D eigenvalue weighted by Gasteiger charge is 2.06. The van der Waals surface area contributed by atoms with E-state index in [-0.39, 0.29) is 12.5 Å². The van der Waals surface area contributed by atoms with E-state index in [0.717, 1.165) is 12.1 Å². The van der Waals surface area contributed by atoms with Crippen LogP contribution in [0.5, 0.6) is 0 Å². The van der Waals surface area contributed by atoms with Crippen molar-refractivity contribution in [2.24, 2.45) is 0 Å². The van der Waals surface area contributed by atoms with Crippen LogP contribution in [0, 0.1) is 11.6 Å². The Hall–Kier alpha value is -1.49. The van der Waals surface area contributed by atoms with Crippen molar-refractivity contribution in [1.82, 2.24) is 10.2 Å². The summed E-state index contributed by atoms with van der Waals surface area (Å²) in [6.07, 6.45) is 0. The van der Waals surface area contributed by atoms with Crippen molar-refractivity contribution in [2.75, 3.05) is 20.1 Å². The van der Waals surface area contributed by atoms with Crippen LogP contribution < -0.4 is 5.32 Å². The first kappa shape index (κ1) is 13.6. The molecule has 0 aromatic heterocycles. The molecule has 0 aliphatic carbocycles. The molecule has 0 saturated carbocycles. The van der Waals surface area contributed by atoms with Gasteiger partial charge in [0.1, 0.15) is 0 Å². The Labute approximate surface area is 99.4 Å². The number of amides is 1. The van der Waals surface area contributed by atoms with Gasteiger partial charge < -0.3 is 10.2 Å². The monoisotopic (exact) mass is 242 g/mol. The Morgan fingerprint density at radius 1 is 1.35 bits per heavy atom. The highest BCUT2D eigenvalue weighted by Crippen LogP contribution is 2.08. The van der Waals surface area contributed by atoms with Gasteiger partial charge >= 0.3 is 0 Å². The van der Waals surface area contributed by atoms with E-state index in [2.05, 4.69) is 5.32 Å². The molecule has 1 rings (SSSR count). The number of rotatable bonds is 5. The summed E-state index contributed by atoms with van der Waals surface area (Å²) in [5.41, 5.74) is 0.607. The summed E-state index contributed by atoms with van der Waals surface area (Å²) in [5.74, 6) is -1.77. The molecule has 1 amide bonds. The predicted molar refractivity (Wildman–Crippen MR) is 61.4 cm³/mol. The van der Waals surface area contributed by atoms with Gasteiger partial charge in [0, 0.05) is 20.1 Å². The van der Waals surface area contributed by atoms with Crippen LogP contribution in [0.15, 0.2) is 18.2 Å². The number of nitrogens with one attached hydrogen (secondary N) is 1. The summed E-state index contributed by atoms with van der Waals surface area (Å²) in [6, 6.07) is 3.68. The lowest BCUT2D eigenvalue weighted by Crippen LogP contribution is -2.35. The van der Waals surface area contributed by atoms with Gasteiger partial charge in [-0.25, -0.2) is 8.78 Å². The minimum Gasteiger partial charge on any atom is -0.345 e. The molecule has 0 atom stereocenters. The fraction of sp³-hybridized carbons (Fsp3) is 0.417. The zero-order valence-electron chi connectivity index (χ0n) is 9.96. The third-order valence-electron chi connectivity index (χ3n) is 2.49. The normalized spacial score (nSPS) is 10.4. The number of carbonyl (C=O) groups excluding carboxylic acids is 1. The van der Waals surface area contributed by atoms with E-state index in [1.54, 1.807) is 11.9 Å². The molecule has 1 aromatic carbocycles. The van der Waals surface area contributed by atoms with E-state index in [9.17, 15) is 13.6 Å². The fourth-order valence-electron chi connectivity index (χ4n) is 1.27. The average Bonchev–Trinajstić information content (AvgIpc) is 2.32. The van der Waals surface area contributed by atoms with Gasteiger partial charge in [-0.15, -0.1) is 0 Å². The van der Waals surface area contributed by atoms with E-state index >= 15 is 0 Å². The van der Waals surface area contributed by atoms with E-state index < -0.39 is 11.6 Å². The molecule has 17 heavy (non-hydrogen) atoms. The van der Waals surface area contributed by atoms with Crippen molar-refractivity contribution in [2.45, 2.75) is 13.5 Å². The van der Waals surface area contributed by atoms with Crippen LogP contribution in [0.2, 0.25) is 0 Å². The summed E-state index contributed by atoms with van der Waals surface area (Å²) in [6.45, 7) is 3.04. The van der Waals surface area contributed by atoms with Gasteiger partial charge in [0.2, 0.25) is 5.91 Å². The van der Waals surface area contributed by atoms with Crippen molar-refractivity contribution in [3.63, 3.8) is 0 Å². The molecule has 3 nitrogen and oxygen atoms in total. The Morgan fingerprint density at radius 2 is 2.06 bits per heavy atom. The lowest BCUT2D eigenvalue weighted by Gasteiger charge is -2.14. The van der Waals surface area contributed by atoms with Crippen molar-refractivity contribution in [3.05, 3.63) is 35.4 Å². The van der Waals surface area contributed by atoms with Crippen LogP contribution in [-0.2, 0) is 11.3 Å². The molecular weight excluding hydrogens is 226 g/mol. The van der Waals surface area contributed by atoms with Crippen LogP contribution in [0.3, 0.4) is 0 Å². The van der Waals surface area contributed by atoms with Crippen molar-refractivity contribution >= 4 is 5.91 Å². The number of halogens is 2. The summed E-state index contributed by atoms with van der Waals surface area (Å²) in [7, 11) is 1.71. The number of nitrogens with zero attached hydrogens (tertiary/aromatic N) is 1. The smallest absolute Gasteiger partial charge is 0.236 e. The van der Waals surface area contributed by atoms with Gasteiger partial charge in [-0.3, -0.25) is 4.79 Å². The van der Waals surface area contributed by atoms with E-state index in [0.29, 0.717) is 18.7 Å². The third-order valence-corrected chi connectivity index (χ3v) is 2.49. The molecule has 1 N–H and O–H groups in total. The van der Waals surface area contributed by atoms with Crippen LogP contribution in [0.1, 0.15) is 12.5 Å². The topological polar surface area (TPSA) is 32.3 Å². The maximum Gasteiger partial charge on any atom is 0.236 e. The molecule has 94 valence electrons. The van der Waals surface area contributed by atoms with Crippen LogP contribution in [-0.4, -0.2) is 30.9 Å². The molecule has 0 saturated heterocycles. The number of hydrogen-bond acceptors (Lipinski definition) is 2. The van der Waals surface area contributed by atoms with Gasteiger partial charge in [-0.2, -0.15) is 0 Å². The molecule has 0 aliphatic rings. The molecule has 0 bridgehead atoms. The fourth-order valence-corrected chi connectivity index (χ4v) is 1.27. The maximum absolute atomic E-state index is 12.9. The standard InChI is InChI=1S/C12H16F2N2O/c1-3-16(2)12(17)8-15-7-9-4-5-10(13)11(14)6-9/h4-6,15H,3,7-8H2,1-2H3. The minimum atomic E-state index is -0.874. The molecule has 0 unspecified atom stereocenters. The summed E-state index contributed by atoms with van der Waals surface area (Å²) >= 11 is 0. The average molecular weight is 242 g/mol. The SMILES string of the molecule is CCN(C)C(=O)CNCc1ccc(F)c(F)c1. The highest BCUT2D eigenvalue weighted by molar-refractivity contribution is 5.77. The number of carbonyl (C=O) groups is 1. The molecule has 0 radical (unpaired) electrons. The molecule has 0 spiro atoms. The number of hydrogen-bond donors (Lipinski definition) is 1. The molecule has 5 heteroatoms. The molecular formula is C12H16F2N2O. The lowest BCUT2D eigenvalue weighted by atomic mass is 10.2. The van der Waals surface area contributed by atoms with Crippen LogP contribution in [0.4, 0.5) is 8.78 Å². The molecule has 1 aromatic rings. The van der Waals surface area contributed by atoms with Gasteiger partial charge in [0.05, 0.1) is 6.54 Å². The van der Waals surface area contributed by atoms with Gasteiger partial charge in [0.25, 0.3) is 0 Å². The first-order valence-corrected chi connectivity index (χ1v) is 5.43. The van der Waals surface area contributed by atoms with Gasteiger partial charge in [-0.05, 0) is 24.6 Å². The van der Waals surface area contributed by atoms with Gasteiger partial charge in [-0.1, -0.05) is 6.07 Å². The van der Waals surface area contributed by atoms with Crippen LogP contribution in [0.25, 0.3) is 0 Å². The van der Waals surface area contributed by atoms with E-state index in [1.807, 2.05) is 6.92 Å². The second-order valence-corrected chi connectivity index (χ2v) is 3.76. The highest BCUT2D eigenvalue weighted by atomic mass is 19.2. The molecule has 0 heterocycles. The number of likely N-dealkylation sites (N-methyl/N-ethyl adjacent to an activating group) is 1. The van der Waals surface area contributed by atoms with E-state index in [4.69, 9.17) is 0 Å². The summed E-state index contributed by atoms with van der Waals surface area (Å²) in [5, 5.41) is 2.88. The van der Waals surface area contributed by atoms with E-state index in [1.165, 1.54) is 6.07 Å². The summed E-state index contributed by atoms with van der Waals surface area (Å²) < 4.78 is 25.5. The summed E-state index contributed by atoms with van der Waals surface area (Å²) in [4.78, 5) is 13.0. The minimum absolute atomic E-state index is 0.0323. The van der Waals surface area contributed by atoms with Gasteiger partial charge in [0.15, 0.2) is 11.6 Å². The lowest BCUT2D eigenvalue weighted by molar-refractivity contribution is -0.128. The zero-order chi connectivity index (χ0) is 12.8. The maximum atomic E-state index is 12.9. The van der Waals surface area contributed by atoms with Crippen molar-refractivity contribution in [3.8, 4) is 0 Å². The Morgan fingerprint density at radius 3 is 2.65 bits per heavy atom. The zero-order valence-corrected chi connectivity index (χ0v) is 9.96. The predicted octanol–water partition coefficient (Wildman–Crippen LogP) is 1.53. The first-order valence-electron chi connectivity index (χ1n) is 5.43. The first-order chi connectivity index (χ1) is 8.04. The quantitative estimate of drug-likeness (QED) is 0.849. The van der Waals surface area contributed by atoms with Crippen molar-refractivity contribution in [1.29, 1.82) is 0 Å². The van der Waals surface area contributed by atoms with Crippen molar-refractivity contribution < 1.29 is 13.6 Å². The molecule has 0 fully saturated rings. The van der Waals surface area contributed by atoms with Crippen LogP contribution >= 0.6 is 0 Å². The third kappa shape index (κ3) is 4.11. The Balaban J connectivity index is 2.41. The second kappa shape index (κ2) is 6.30. The number of benzene rings is 1. The Kier molecular flexibility index (Phi) is 5.03. The Bertz CT molecular complexity index is 396. The molecule has 0 aliphatic heterocycles. The second-order valence-electron chi connectivity index (χ2n) is 3.76.